The van der Waals surface area contributed by atoms with E-state index in [1.165, 1.54) is 12.2 Å². The van der Waals surface area contributed by atoms with E-state index in [2.05, 4.69) is 5.10 Å². The molecule has 2 heterocycles. The standard InChI is InChI=1S/C10H17N3OS/c1-13-10(8(14-2)5-12-13)9(11)7-3-4-15-6-7/h5,7,9H,3-4,6,11H2,1-2H3. The zero-order valence-electron chi connectivity index (χ0n) is 9.14. The summed E-state index contributed by atoms with van der Waals surface area (Å²) in [5.74, 6) is 3.73. The minimum atomic E-state index is 0.0439. The smallest absolute Gasteiger partial charge is 0.161 e. The van der Waals surface area contributed by atoms with E-state index < -0.39 is 0 Å². The first-order chi connectivity index (χ1) is 7.24. The first-order valence-electron chi connectivity index (χ1n) is 5.13. The number of nitrogens with zero attached hydrogens (tertiary/aromatic N) is 2. The Hall–Kier alpha value is -0.680. The molecule has 5 heteroatoms. The molecule has 1 aliphatic heterocycles. The summed E-state index contributed by atoms with van der Waals surface area (Å²) in [6.45, 7) is 0. The van der Waals surface area contributed by atoms with Crippen molar-refractivity contribution < 1.29 is 4.74 Å². The van der Waals surface area contributed by atoms with E-state index in [9.17, 15) is 0 Å². The van der Waals surface area contributed by atoms with Gasteiger partial charge in [0.2, 0.25) is 0 Å². The number of ether oxygens (including phenoxy) is 1. The molecule has 1 aromatic heterocycles. The lowest BCUT2D eigenvalue weighted by molar-refractivity contribution is 0.385. The lowest BCUT2D eigenvalue weighted by Gasteiger charge is -2.19. The topological polar surface area (TPSA) is 53.1 Å². The van der Waals surface area contributed by atoms with Gasteiger partial charge in [0.15, 0.2) is 5.75 Å². The van der Waals surface area contributed by atoms with Crippen LogP contribution in [-0.4, -0.2) is 28.4 Å². The predicted octanol–water partition coefficient (Wildman–Crippen LogP) is 1.18. The number of thioether (sulfide) groups is 1. The Kier molecular flexibility index (Phi) is 3.21. The van der Waals surface area contributed by atoms with Gasteiger partial charge in [-0.15, -0.1) is 0 Å². The van der Waals surface area contributed by atoms with Crippen LogP contribution in [0.1, 0.15) is 18.2 Å². The third-order valence-electron chi connectivity index (χ3n) is 2.96. The lowest BCUT2D eigenvalue weighted by atomic mass is 9.97. The summed E-state index contributed by atoms with van der Waals surface area (Å²) in [5.41, 5.74) is 7.29. The van der Waals surface area contributed by atoms with E-state index in [4.69, 9.17) is 10.5 Å². The number of rotatable bonds is 3. The maximum atomic E-state index is 6.27. The van der Waals surface area contributed by atoms with Gasteiger partial charge in [0.1, 0.15) is 0 Å². The van der Waals surface area contributed by atoms with Gasteiger partial charge in [-0.2, -0.15) is 16.9 Å². The second-order valence-electron chi connectivity index (χ2n) is 3.87. The van der Waals surface area contributed by atoms with Crippen molar-refractivity contribution >= 4 is 11.8 Å². The van der Waals surface area contributed by atoms with Crippen molar-refractivity contribution in [2.45, 2.75) is 12.5 Å². The van der Waals surface area contributed by atoms with Crippen LogP contribution in [0.25, 0.3) is 0 Å². The van der Waals surface area contributed by atoms with Crippen molar-refractivity contribution in [3.63, 3.8) is 0 Å². The lowest BCUT2D eigenvalue weighted by Crippen LogP contribution is -2.24. The van der Waals surface area contributed by atoms with Gasteiger partial charge < -0.3 is 10.5 Å². The first kappa shape index (κ1) is 10.8. The molecule has 0 aliphatic carbocycles. The second kappa shape index (κ2) is 4.45. The van der Waals surface area contributed by atoms with Gasteiger partial charge >= 0.3 is 0 Å². The van der Waals surface area contributed by atoms with Gasteiger partial charge in [0.25, 0.3) is 0 Å². The van der Waals surface area contributed by atoms with Crippen molar-refractivity contribution in [1.29, 1.82) is 0 Å². The molecule has 2 unspecified atom stereocenters. The average Bonchev–Trinajstić information content (AvgIpc) is 2.85. The van der Waals surface area contributed by atoms with Crippen LogP contribution >= 0.6 is 11.8 Å². The normalized spacial score (nSPS) is 23.0. The minimum absolute atomic E-state index is 0.0439. The fourth-order valence-electron chi connectivity index (χ4n) is 2.02. The van der Waals surface area contributed by atoms with Crippen LogP contribution in [0.4, 0.5) is 0 Å². The maximum Gasteiger partial charge on any atom is 0.161 e. The molecule has 0 saturated carbocycles. The molecule has 1 aromatic rings. The Labute approximate surface area is 94.2 Å². The van der Waals surface area contributed by atoms with Crippen molar-refractivity contribution in [3.05, 3.63) is 11.9 Å². The van der Waals surface area contributed by atoms with Gasteiger partial charge in [0.05, 0.1) is 25.0 Å². The van der Waals surface area contributed by atoms with E-state index in [0.29, 0.717) is 5.92 Å². The molecular weight excluding hydrogens is 210 g/mol. The van der Waals surface area contributed by atoms with Crippen molar-refractivity contribution in [1.82, 2.24) is 9.78 Å². The molecule has 0 bridgehead atoms. The minimum Gasteiger partial charge on any atom is -0.493 e. The molecule has 0 aromatic carbocycles. The van der Waals surface area contributed by atoms with Crippen molar-refractivity contribution in [2.24, 2.45) is 18.7 Å². The Morgan fingerprint density at radius 1 is 1.73 bits per heavy atom. The summed E-state index contributed by atoms with van der Waals surface area (Å²) < 4.78 is 7.10. The van der Waals surface area contributed by atoms with E-state index in [1.54, 1.807) is 13.3 Å². The van der Waals surface area contributed by atoms with Crippen molar-refractivity contribution in [3.8, 4) is 5.75 Å². The molecule has 1 fully saturated rings. The fourth-order valence-corrected chi connectivity index (χ4v) is 3.34. The number of hydrogen-bond acceptors (Lipinski definition) is 4. The zero-order valence-corrected chi connectivity index (χ0v) is 9.96. The summed E-state index contributed by atoms with van der Waals surface area (Å²) in [4.78, 5) is 0. The van der Waals surface area contributed by atoms with Gasteiger partial charge in [-0.1, -0.05) is 0 Å². The summed E-state index contributed by atoms with van der Waals surface area (Å²) in [7, 11) is 3.58. The molecule has 2 atom stereocenters. The molecular formula is C10H17N3OS. The van der Waals surface area contributed by atoms with Crippen LogP contribution in [0.3, 0.4) is 0 Å². The SMILES string of the molecule is COc1cnn(C)c1C(N)C1CCSC1. The highest BCUT2D eigenvalue weighted by molar-refractivity contribution is 7.99. The van der Waals surface area contributed by atoms with Crippen LogP contribution in [0, 0.1) is 5.92 Å². The summed E-state index contributed by atoms with van der Waals surface area (Å²) in [6, 6.07) is 0.0439. The fraction of sp³-hybridized carbons (Fsp3) is 0.700. The summed E-state index contributed by atoms with van der Waals surface area (Å²) in [6.07, 6.45) is 2.93. The van der Waals surface area contributed by atoms with E-state index in [-0.39, 0.29) is 6.04 Å². The number of methoxy groups -OCH3 is 1. The highest BCUT2D eigenvalue weighted by atomic mass is 32.2. The largest absolute Gasteiger partial charge is 0.493 e. The van der Waals surface area contributed by atoms with Crippen molar-refractivity contribution in [2.75, 3.05) is 18.6 Å². The number of aryl methyl sites for hydroxylation is 1. The van der Waals surface area contributed by atoms with Gasteiger partial charge in [0, 0.05) is 7.05 Å². The van der Waals surface area contributed by atoms with E-state index in [0.717, 1.165) is 17.2 Å². The molecule has 4 nitrogen and oxygen atoms in total. The van der Waals surface area contributed by atoms with Crippen LogP contribution in [0.15, 0.2) is 6.20 Å². The molecule has 0 radical (unpaired) electrons. The van der Waals surface area contributed by atoms with Crippen LogP contribution in [0.5, 0.6) is 5.75 Å². The number of nitrogens with two attached hydrogens (primary N) is 1. The second-order valence-corrected chi connectivity index (χ2v) is 5.02. The molecule has 84 valence electrons. The van der Waals surface area contributed by atoms with Gasteiger partial charge in [-0.05, 0) is 23.8 Å². The van der Waals surface area contributed by atoms with E-state index in [1.807, 2.05) is 23.5 Å². The average molecular weight is 227 g/mol. The Morgan fingerprint density at radius 3 is 3.13 bits per heavy atom. The van der Waals surface area contributed by atoms with Crippen LogP contribution < -0.4 is 10.5 Å². The maximum absolute atomic E-state index is 6.27. The Morgan fingerprint density at radius 2 is 2.53 bits per heavy atom. The molecule has 2 rings (SSSR count). The molecule has 0 spiro atoms. The zero-order chi connectivity index (χ0) is 10.8. The van der Waals surface area contributed by atoms with Gasteiger partial charge in [-0.3, -0.25) is 4.68 Å². The molecule has 1 saturated heterocycles. The third-order valence-corrected chi connectivity index (χ3v) is 4.15. The Balaban J connectivity index is 2.22. The van der Waals surface area contributed by atoms with Gasteiger partial charge in [-0.25, -0.2) is 0 Å². The third kappa shape index (κ3) is 1.99. The Bertz CT molecular complexity index is 333. The molecule has 15 heavy (non-hydrogen) atoms. The van der Waals surface area contributed by atoms with Crippen LogP contribution in [0.2, 0.25) is 0 Å². The first-order valence-corrected chi connectivity index (χ1v) is 6.28. The highest BCUT2D eigenvalue weighted by Gasteiger charge is 2.28. The molecule has 0 amide bonds. The quantitative estimate of drug-likeness (QED) is 0.842. The highest BCUT2D eigenvalue weighted by Crippen LogP contribution is 2.35. The number of hydrogen-bond donors (Lipinski definition) is 1. The predicted molar refractivity (Wildman–Crippen MR) is 62.1 cm³/mol. The monoisotopic (exact) mass is 227 g/mol. The summed E-state index contributed by atoms with van der Waals surface area (Å²) >= 11 is 1.98. The summed E-state index contributed by atoms with van der Waals surface area (Å²) in [5, 5.41) is 4.18. The van der Waals surface area contributed by atoms with E-state index >= 15 is 0 Å². The van der Waals surface area contributed by atoms with Crippen LogP contribution in [-0.2, 0) is 7.05 Å². The molecule has 1 aliphatic rings. The molecule has 2 N–H and O–H groups in total. The number of aromatic nitrogens is 2.